The average molecular weight is 632 g/mol. The minimum absolute atomic E-state index is 0.0148. The Kier molecular flexibility index (Phi) is 9.49. The van der Waals surface area contributed by atoms with Gasteiger partial charge in [0.05, 0.1) is 9.79 Å². The predicted octanol–water partition coefficient (Wildman–Crippen LogP) is 5.41. The summed E-state index contributed by atoms with van der Waals surface area (Å²) in [5, 5.41) is 5.98. The van der Waals surface area contributed by atoms with Crippen LogP contribution in [0.5, 0.6) is 0 Å². The van der Waals surface area contributed by atoms with E-state index in [0.29, 0.717) is 27.8 Å². The van der Waals surface area contributed by atoms with Crippen molar-refractivity contribution < 1.29 is 26.4 Å². The lowest BCUT2D eigenvalue weighted by Gasteiger charge is -2.09. The molecule has 0 radical (unpaired) electrons. The number of hydrogen-bond acceptors (Lipinski definition) is 6. The van der Waals surface area contributed by atoms with Gasteiger partial charge in [0.25, 0.3) is 0 Å². The molecule has 0 aliphatic heterocycles. The van der Waals surface area contributed by atoms with Gasteiger partial charge in [-0.3, -0.25) is 9.59 Å². The zero-order valence-corrected chi connectivity index (χ0v) is 24.5. The van der Waals surface area contributed by atoms with Gasteiger partial charge in [0.15, 0.2) is 19.7 Å². The first kappa shape index (κ1) is 30.3. The number of carbonyl (C=O) groups is 2. The first-order chi connectivity index (χ1) is 19.4. The topological polar surface area (TPSA) is 126 Å². The number of carbonyl (C=O) groups excluding carboxylic acids is 2. The Hall–Kier alpha value is -3.70. The number of nitrogens with one attached hydrogen (secondary N) is 2. The second kappa shape index (κ2) is 12.9. The lowest BCUT2D eigenvalue weighted by atomic mass is 10.0. The van der Waals surface area contributed by atoms with Gasteiger partial charge >= 0.3 is 0 Å². The minimum atomic E-state index is -3.81. The maximum absolute atomic E-state index is 12.5. The van der Waals surface area contributed by atoms with E-state index in [1.807, 2.05) is 0 Å². The molecule has 0 atom stereocenters. The van der Waals surface area contributed by atoms with Crippen molar-refractivity contribution >= 4 is 66.1 Å². The largest absolute Gasteiger partial charge is 0.325 e. The first-order valence-corrected chi connectivity index (χ1v) is 16.2. The highest BCUT2D eigenvalue weighted by atomic mass is 35.5. The second-order valence-corrected chi connectivity index (χ2v) is 13.9. The number of hydrogen-bond donors (Lipinski definition) is 2. The van der Waals surface area contributed by atoms with Gasteiger partial charge in [0.2, 0.25) is 11.8 Å². The van der Waals surface area contributed by atoms with E-state index in [1.54, 1.807) is 48.5 Å². The summed E-state index contributed by atoms with van der Waals surface area (Å²) in [5.41, 5.74) is 2.78. The van der Waals surface area contributed by atoms with Crippen LogP contribution >= 0.6 is 23.2 Å². The van der Waals surface area contributed by atoms with Crippen LogP contribution in [0.4, 0.5) is 11.4 Å². The van der Waals surface area contributed by atoms with Gasteiger partial charge in [-0.25, -0.2) is 16.8 Å². The monoisotopic (exact) mass is 630 g/mol. The van der Waals surface area contributed by atoms with Crippen LogP contribution in [0.15, 0.2) is 107 Å². The minimum Gasteiger partial charge on any atom is -0.325 e. The Morgan fingerprint density at radius 2 is 0.829 bits per heavy atom. The highest BCUT2D eigenvalue weighted by Gasteiger charge is 2.20. The van der Waals surface area contributed by atoms with E-state index in [-0.39, 0.29) is 9.79 Å². The van der Waals surface area contributed by atoms with Crippen molar-refractivity contribution in [2.24, 2.45) is 0 Å². The molecule has 8 nitrogen and oxygen atoms in total. The van der Waals surface area contributed by atoms with Gasteiger partial charge in [-0.05, 0) is 90.3 Å². The van der Waals surface area contributed by atoms with Crippen molar-refractivity contribution in [3.05, 3.63) is 118 Å². The highest BCUT2D eigenvalue weighted by molar-refractivity contribution is 7.92. The predicted molar refractivity (Wildman–Crippen MR) is 160 cm³/mol. The zero-order chi connectivity index (χ0) is 29.6. The number of sulfone groups is 2. The molecule has 0 aromatic heterocycles. The summed E-state index contributed by atoms with van der Waals surface area (Å²) in [4.78, 5) is 24.7. The van der Waals surface area contributed by atoms with Gasteiger partial charge in [0.1, 0.15) is 11.5 Å². The molecule has 0 aliphatic rings. The van der Waals surface area contributed by atoms with Gasteiger partial charge in [-0.2, -0.15) is 0 Å². The molecule has 0 saturated heterocycles. The number of benzene rings is 4. The van der Waals surface area contributed by atoms with E-state index in [2.05, 4.69) is 10.6 Å². The van der Waals surface area contributed by atoms with Crippen LogP contribution in [0.1, 0.15) is 11.1 Å². The maximum atomic E-state index is 12.5. The summed E-state index contributed by atoms with van der Waals surface area (Å²) < 4.78 is 49.8. The van der Waals surface area contributed by atoms with Crippen molar-refractivity contribution in [2.75, 3.05) is 22.1 Å². The fraction of sp³-hybridized carbons (Fsp3) is 0.103. The number of anilines is 2. The Labute approximate surface area is 248 Å². The standard InChI is InChI=1S/C29H24Cl2N2O6S2/c30-22-5-13-26(14-6-22)40(36,37)18-28(34)32-24-9-1-20(2-10-24)17-21-3-11-25(12-4-21)33-29(35)19-41(38,39)27-15-7-23(31)8-16-27/h1-16H,17-19H2,(H,32,34)(H,33,35). The fourth-order valence-corrected chi connectivity index (χ4v) is 6.36. The normalized spacial score (nSPS) is 11.6. The van der Waals surface area contributed by atoms with E-state index in [1.165, 1.54) is 48.5 Å². The lowest BCUT2D eigenvalue weighted by Crippen LogP contribution is -2.23. The molecule has 212 valence electrons. The third-order valence-corrected chi connectivity index (χ3v) is 9.64. The first-order valence-electron chi connectivity index (χ1n) is 12.1. The van der Waals surface area contributed by atoms with E-state index in [9.17, 15) is 26.4 Å². The van der Waals surface area contributed by atoms with Crippen molar-refractivity contribution in [2.45, 2.75) is 16.2 Å². The van der Waals surface area contributed by atoms with Gasteiger partial charge in [0, 0.05) is 21.4 Å². The van der Waals surface area contributed by atoms with E-state index < -0.39 is 43.0 Å². The Bertz CT molecular complexity index is 1620. The Balaban J connectivity index is 1.29. The second-order valence-electron chi connectivity index (χ2n) is 9.09. The van der Waals surface area contributed by atoms with Crippen LogP contribution in [0.3, 0.4) is 0 Å². The van der Waals surface area contributed by atoms with Crippen molar-refractivity contribution in [3.63, 3.8) is 0 Å². The summed E-state index contributed by atoms with van der Waals surface area (Å²) in [5.74, 6) is -2.73. The van der Waals surface area contributed by atoms with Crippen LogP contribution < -0.4 is 10.6 Å². The fourth-order valence-electron chi connectivity index (χ4n) is 3.84. The third kappa shape index (κ3) is 8.64. The summed E-state index contributed by atoms with van der Waals surface area (Å²) >= 11 is 11.6. The Morgan fingerprint density at radius 1 is 0.512 bits per heavy atom. The van der Waals surface area contributed by atoms with Crippen molar-refractivity contribution in [3.8, 4) is 0 Å². The van der Waals surface area contributed by atoms with Crippen LogP contribution in [-0.4, -0.2) is 40.2 Å². The SMILES string of the molecule is O=C(CS(=O)(=O)c1ccc(Cl)cc1)Nc1ccc(Cc2ccc(NC(=O)CS(=O)(=O)c3ccc(Cl)cc3)cc2)cc1. The molecule has 0 fully saturated rings. The summed E-state index contributed by atoms with van der Waals surface area (Å²) in [7, 11) is -7.62. The summed E-state index contributed by atoms with van der Waals surface area (Å²) in [6.07, 6.45) is 0.554. The molecule has 0 saturated carbocycles. The van der Waals surface area contributed by atoms with Crippen LogP contribution in [0.2, 0.25) is 10.0 Å². The molecule has 0 heterocycles. The summed E-state index contributed by atoms with van der Waals surface area (Å²) in [6, 6.07) is 25.2. The molecule has 4 aromatic carbocycles. The van der Waals surface area contributed by atoms with Crippen LogP contribution in [0.25, 0.3) is 0 Å². The number of rotatable bonds is 10. The molecule has 2 N–H and O–H groups in total. The van der Waals surface area contributed by atoms with E-state index >= 15 is 0 Å². The molecular weight excluding hydrogens is 607 g/mol. The Morgan fingerprint density at radius 3 is 1.15 bits per heavy atom. The van der Waals surface area contributed by atoms with Gasteiger partial charge < -0.3 is 10.6 Å². The number of halogens is 2. The molecule has 0 unspecified atom stereocenters. The molecule has 0 bridgehead atoms. The van der Waals surface area contributed by atoms with Gasteiger partial charge in [-0.15, -0.1) is 0 Å². The van der Waals surface area contributed by atoms with Gasteiger partial charge in [-0.1, -0.05) is 47.5 Å². The van der Waals surface area contributed by atoms with Crippen molar-refractivity contribution in [1.29, 1.82) is 0 Å². The zero-order valence-electron chi connectivity index (χ0n) is 21.4. The molecule has 2 amide bonds. The molecule has 0 aliphatic carbocycles. The van der Waals surface area contributed by atoms with Crippen LogP contribution in [-0.2, 0) is 35.7 Å². The maximum Gasteiger partial charge on any atom is 0.239 e. The van der Waals surface area contributed by atoms with E-state index in [4.69, 9.17) is 23.2 Å². The highest BCUT2D eigenvalue weighted by Crippen LogP contribution is 2.19. The third-order valence-electron chi connectivity index (χ3n) is 5.87. The summed E-state index contributed by atoms with van der Waals surface area (Å²) in [6.45, 7) is 0. The van der Waals surface area contributed by atoms with Crippen molar-refractivity contribution in [1.82, 2.24) is 0 Å². The lowest BCUT2D eigenvalue weighted by molar-refractivity contribution is -0.114. The molecular formula is C29H24Cl2N2O6S2. The quantitative estimate of drug-likeness (QED) is 0.241. The molecule has 12 heteroatoms. The molecule has 0 spiro atoms. The molecule has 4 rings (SSSR count). The molecule has 4 aromatic rings. The number of amides is 2. The average Bonchev–Trinajstić information content (AvgIpc) is 2.91. The van der Waals surface area contributed by atoms with Crippen LogP contribution in [0, 0.1) is 0 Å². The van der Waals surface area contributed by atoms with E-state index in [0.717, 1.165) is 11.1 Å². The molecule has 41 heavy (non-hydrogen) atoms. The smallest absolute Gasteiger partial charge is 0.239 e.